The van der Waals surface area contributed by atoms with Crippen LogP contribution in [0.5, 0.6) is 0 Å². The van der Waals surface area contributed by atoms with Gasteiger partial charge in [-0.15, -0.1) is 0 Å². The molecule has 8 heteroatoms. The highest BCUT2D eigenvalue weighted by Crippen LogP contribution is 2.30. The quantitative estimate of drug-likeness (QED) is 0.853. The Bertz CT molecular complexity index is 714. The van der Waals surface area contributed by atoms with E-state index < -0.39 is 16.0 Å². The van der Waals surface area contributed by atoms with Crippen molar-refractivity contribution < 1.29 is 23.1 Å². The first-order chi connectivity index (χ1) is 10.2. The van der Waals surface area contributed by atoms with E-state index in [9.17, 15) is 18.0 Å². The van der Waals surface area contributed by atoms with Crippen LogP contribution in [0.3, 0.4) is 0 Å². The lowest BCUT2D eigenvalue weighted by atomic mass is 10.1. The average Bonchev–Trinajstić information content (AvgIpc) is 2.86. The number of nitrogens with zero attached hydrogens (tertiary/aromatic N) is 2. The SMILES string of the molecule is CCN(CC(=O)O)C(=O)c1ccc2c(c1)CCN2S(C)(=O)=O. The number of fused-ring (bicyclic) bond motifs is 1. The number of hydrogen-bond donors (Lipinski definition) is 1. The van der Waals surface area contributed by atoms with Gasteiger partial charge in [-0.3, -0.25) is 13.9 Å². The first-order valence-electron chi connectivity index (χ1n) is 6.85. The van der Waals surface area contributed by atoms with Gasteiger partial charge in [-0.05, 0) is 37.1 Å². The highest BCUT2D eigenvalue weighted by molar-refractivity contribution is 7.92. The predicted molar refractivity (Wildman–Crippen MR) is 81.5 cm³/mol. The fraction of sp³-hybridized carbons (Fsp3) is 0.429. The second-order valence-corrected chi connectivity index (χ2v) is 7.05. The van der Waals surface area contributed by atoms with Crippen LogP contribution in [0, 0.1) is 0 Å². The van der Waals surface area contributed by atoms with Gasteiger partial charge >= 0.3 is 5.97 Å². The molecule has 1 aliphatic rings. The third-order valence-corrected chi connectivity index (χ3v) is 4.75. The van der Waals surface area contributed by atoms with Crippen molar-refractivity contribution in [3.8, 4) is 0 Å². The van der Waals surface area contributed by atoms with Crippen molar-refractivity contribution in [3.63, 3.8) is 0 Å². The van der Waals surface area contributed by atoms with Gasteiger partial charge in [0.05, 0.1) is 11.9 Å². The number of anilines is 1. The minimum atomic E-state index is -3.33. The Labute approximate surface area is 129 Å². The second-order valence-electron chi connectivity index (χ2n) is 5.14. The number of amides is 1. The van der Waals surface area contributed by atoms with Gasteiger partial charge in [0.2, 0.25) is 10.0 Å². The Balaban J connectivity index is 2.29. The van der Waals surface area contributed by atoms with E-state index >= 15 is 0 Å². The van der Waals surface area contributed by atoms with Crippen LogP contribution in [0.25, 0.3) is 0 Å². The largest absolute Gasteiger partial charge is 0.480 e. The summed E-state index contributed by atoms with van der Waals surface area (Å²) in [4.78, 5) is 24.3. The van der Waals surface area contributed by atoms with Gasteiger partial charge in [0, 0.05) is 18.7 Å². The van der Waals surface area contributed by atoms with Crippen LogP contribution in [0.15, 0.2) is 18.2 Å². The predicted octanol–water partition coefficient (Wildman–Crippen LogP) is 0.555. The highest BCUT2D eigenvalue weighted by Gasteiger charge is 2.27. The molecule has 0 saturated heterocycles. The maximum Gasteiger partial charge on any atom is 0.323 e. The van der Waals surface area contributed by atoms with Crippen LogP contribution in [0.2, 0.25) is 0 Å². The van der Waals surface area contributed by atoms with Crippen LogP contribution in [0.1, 0.15) is 22.8 Å². The van der Waals surface area contributed by atoms with Crippen LogP contribution in [-0.4, -0.2) is 56.2 Å². The van der Waals surface area contributed by atoms with E-state index in [-0.39, 0.29) is 19.0 Å². The molecule has 2 rings (SSSR count). The van der Waals surface area contributed by atoms with Crippen molar-refractivity contribution >= 4 is 27.6 Å². The third kappa shape index (κ3) is 3.22. The first-order valence-corrected chi connectivity index (χ1v) is 8.70. The molecule has 0 aliphatic carbocycles. The lowest BCUT2D eigenvalue weighted by Gasteiger charge is -2.20. The van der Waals surface area contributed by atoms with Gasteiger partial charge in [0.15, 0.2) is 0 Å². The first kappa shape index (κ1) is 16.3. The van der Waals surface area contributed by atoms with E-state index in [1.165, 1.54) is 15.3 Å². The molecule has 1 aromatic carbocycles. The molecule has 0 saturated carbocycles. The van der Waals surface area contributed by atoms with Crippen molar-refractivity contribution in [1.29, 1.82) is 0 Å². The summed E-state index contributed by atoms with van der Waals surface area (Å²) in [5.74, 6) is -1.44. The van der Waals surface area contributed by atoms with Crippen LogP contribution >= 0.6 is 0 Å². The molecule has 7 nitrogen and oxygen atoms in total. The summed E-state index contributed by atoms with van der Waals surface area (Å²) in [6.07, 6.45) is 1.68. The van der Waals surface area contributed by atoms with Crippen LogP contribution < -0.4 is 4.31 Å². The van der Waals surface area contributed by atoms with Crippen molar-refractivity contribution in [2.75, 3.05) is 30.2 Å². The summed E-state index contributed by atoms with van der Waals surface area (Å²) in [6.45, 7) is 2.00. The Morgan fingerprint density at radius 1 is 1.36 bits per heavy atom. The topological polar surface area (TPSA) is 95.0 Å². The molecule has 0 radical (unpaired) electrons. The van der Waals surface area contributed by atoms with Crippen molar-refractivity contribution in [3.05, 3.63) is 29.3 Å². The minimum Gasteiger partial charge on any atom is -0.480 e. The number of sulfonamides is 1. The van der Waals surface area contributed by atoms with E-state index in [1.807, 2.05) is 0 Å². The second kappa shape index (κ2) is 5.96. The summed E-state index contributed by atoms with van der Waals surface area (Å²) < 4.78 is 24.7. The molecule has 0 spiro atoms. The van der Waals surface area contributed by atoms with Gasteiger partial charge in [-0.2, -0.15) is 0 Å². The summed E-state index contributed by atoms with van der Waals surface area (Å²) in [5, 5.41) is 8.82. The Kier molecular flexibility index (Phi) is 4.41. The van der Waals surface area contributed by atoms with Gasteiger partial charge in [0.1, 0.15) is 6.54 Å². The molecule has 1 aromatic rings. The smallest absolute Gasteiger partial charge is 0.323 e. The number of hydrogen-bond acceptors (Lipinski definition) is 4. The van der Waals surface area contributed by atoms with Gasteiger partial charge in [-0.25, -0.2) is 8.42 Å². The summed E-state index contributed by atoms with van der Waals surface area (Å²) >= 11 is 0. The number of carboxylic acids is 1. The summed E-state index contributed by atoms with van der Waals surface area (Å²) in [7, 11) is -3.33. The number of aliphatic carboxylic acids is 1. The molecule has 0 unspecified atom stereocenters. The fourth-order valence-corrected chi connectivity index (χ4v) is 3.48. The molecular weight excluding hydrogens is 308 g/mol. The summed E-state index contributed by atoms with van der Waals surface area (Å²) in [6, 6.07) is 4.79. The van der Waals surface area contributed by atoms with E-state index in [4.69, 9.17) is 5.11 Å². The standard InChI is InChI=1S/C14H18N2O5S/c1-3-15(9-13(17)18)14(19)11-4-5-12-10(8-11)6-7-16(12)22(2,20)21/h4-5,8H,3,6-7,9H2,1-2H3,(H,17,18). The molecule has 0 fully saturated rings. The van der Waals surface area contributed by atoms with Crippen molar-refractivity contribution in [1.82, 2.24) is 4.90 Å². The Morgan fingerprint density at radius 3 is 2.59 bits per heavy atom. The van der Waals surface area contributed by atoms with Gasteiger partial charge in [-0.1, -0.05) is 0 Å². The number of carbonyl (C=O) groups excluding carboxylic acids is 1. The maximum atomic E-state index is 12.3. The molecule has 0 atom stereocenters. The normalized spacial score (nSPS) is 13.8. The van der Waals surface area contributed by atoms with E-state index in [1.54, 1.807) is 19.1 Å². The number of benzene rings is 1. The average molecular weight is 326 g/mol. The number of carbonyl (C=O) groups is 2. The molecular formula is C14H18N2O5S. The molecule has 1 aliphatic heterocycles. The lowest BCUT2D eigenvalue weighted by Crippen LogP contribution is -2.35. The summed E-state index contributed by atoms with van der Waals surface area (Å²) in [5.41, 5.74) is 1.74. The van der Waals surface area contributed by atoms with Crippen LogP contribution in [-0.2, 0) is 21.2 Å². The lowest BCUT2D eigenvalue weighted by molar-refractivity contribution is -0.137. The minimum absolute atomic E-state index is 0.289. The van der Waals surface area contributed by atoms with Crippen molar-refractivity contribution in [2.24, 2.45) is 0 Å². The maximum absolute atomic E-state index is 12.3. The van der Waals surface area contributed by atoms with E-state index in [0.29, 0.717) is 24.2 Å². The van der Waals surface area contributed by atoms with Gasteiger partial charge in [0.25, 0.3) is 5.91 Å². The zero-order valence-corrected chi connectivity index (χ0v) is 13.3. The van der Waals surface area contributed by atoms with Gasteiger partial charge < -0.3 is 10.0 Å². The van der Waals surface area contributed by atoms with E-state index in [0.717, 1.165) is 11.8 Å². The molecule has 0 aromatic heterocycles. The number of rotatable bonds is 5. The van der Waals surface area contributed by atoms with E-state index in [2.05, 4.69) is 0 Å². The zero-order chi connectivity index (χ0) is 16.5. The molecule has 1 N–H and O–H groups in total. The third-order valence-electron chi connectivity index (χ3n) is 3.57. The molecule has 0 bridgehead atoms. The Morgan fingerprint density at radius 2 is 2.05 bits per heavy atom. The fourth-order valence-electron chi connectivity index (χ4n) is 2.52. The number of carboxylic acid groups (broad SMARTS) is 1. The monoisotopic (exact) mass is 326 g/mol. The molecule has 120 valence electrons. The molecule has 1 amide bonds. The Hall–Kier alpha value is -2.09. The zero-order valence-electron chi connectivity index (χ0n) is 12.4. The van der Waals surface area contributed by atoms with Crippen molar-refractivity contribution in [2.45, 2.75) is 13.3 Å². The van der Waals surface area contributed by atoms with Crippen LogP contribution in [0.4, 0.5) is 5.69 Å². The number of likely N-dealkylation sites (N-methyl/N-ethyl adjacent to an activating group) is 1. The molecule has 1 heterocycles. The molecule has 22 heavy (non-hydrogen) atoms. The highest BCUT2D eigenvalue weighted by atomic mass is 32.2.